The van der Waals surface area contributed by atoms with Crippen molar-refractivity contribution in [3.63, 3.8) is 0 Å². The van der Waals surface area contributed by atoms with Crippen LogP contribution in [0.3, 0.4) is 0 Å². The number of carboxylic acids is 1. The van der Waals surface area contributed by atoms with Gasteiger partial charge in [-0.1, -0.05) is 6.42 Å². The second-order valence-electron chi connectivity index (χ2n) is 5.15. The van der Waals surface area contributed by atoms with Gasteiger partial charge in [-0.15, -0.1) is 0 Å². The second-order valence-corrected chi connectivity index (χ2v) is 5.15. The van der Waals surface area contributed by atoms with E-state index in [1.165, 1.54) is 6.42 Å². The highest BCUT2D eigenvalue weighted by Crippen LogP contribution is 2.34. The van der Waals surface area contributed by atoms with E-state index in [2.05, 4.69) is 16.8 Å². The van der Waals surface area contributed by atoms with Crippen LogP contribution in [0.5, 0.6) is 0 Å². The molecule has 1 N–H and O–H groups in total. The van der Waals surface area contributed by atoms with Gasteiger partial charge in [0.15, 0.2) is 0 Å². The average molecular weight is 248 g/mol. The molecule has 0 spiro atoms. The van der Waals surface area contributed by atoms with E-state index in [1.54, 1.807) is 31.5 Å². The van der Waals surface area contributed by atoms with Crippen LogP contribution >= 0.6 is 0 Å². The molecule has 0 saturated carbocycles. The predicted molar refractivity (Wildman–Crippen MR) is 69.2 cm³/mol. The summed E-state index contributed by atoms with van der Waals surface area (Å²) in [5.41, 5.74) is -0.151. The highest BCUT2D eigenvalue weighted by Gasteiger charge is 2.44. The van der Waals surface area contributed by atoms with Gasteiger partial charge in [-0.2, -0.15) is 0 Å². The first-order valence-electron chi connectivity index (χ1n) is 6.47. The van der Waals surface area contributed by atoms with Crippen LogP contribution < -0.4 is 0 Å². The van der Waals surface area contributed by atoms with Crippen molar-refractivity contribution in [3.05, 3.63) is 30.1 Å². The van der Waals surface area contributed by atoms with E-state index in [9.17, 15) is 9.90 Å². The van der Waals surface area contributed by atoms with Crippen molar-refractivity contribution in [2.45, 2.75) is 44.7 Å². The Morgan fingerprint density at radius 1 is 1.44 bits per heavy atom. The average Bonchev–Trinajstić information content (AvgIpc) is 2.39. The minimum absolute atomic E-state index is 0.299. The summed E-state index contributed by atoms with van der Waals surface area (Å²) in [5.74, 6) is -0.789. The first-order chi connectivity index (χ1) is 8.56. The summed E-state index contributed by atoms with van der Waals surface area (Å²) in [6.07, 6.45) is 6.63. The van der Waals surface area contributed by atoms with Crippen LogP contribution in [0.4, 0.5) is 0 Å². The van der Waals surface area contributed by atoms with Crippen molar-refractivity contribution in [3.8, 4) is 0 Å². The zero-order valence-corrected chi connectivity index (χ0v) is 11.0. The van der Waals surface area contributed by atoms with Gasteiger partial charge in [0.2, 0.25) is 0 Å². The fraction of sp³-hybridized carbons (Fsp3) is 0.571. The molecule has 1 saturated heterocycles. The Labute approximate surface area is 108 Å². The number of likely N-dealkylation sites (tertiary alicyclic amines) is 1. The summed E-state index contributed by atoms with van der Waals surface area (Å²) >= 11 is 0. The van der Waals surface area contributed by atoms with Crippen molar-refractivity contribution < 1.29 is 9.90 Å². The molecule has 1 aromatic heterocycles. The quantitative estimate of drug-likeness (QED) is 0.891. The maximum atomic E-state index is 11.8. The zero-order chi connectivity index (χ0) is 13.2. The van der Waals surface area contributed by atoms with Crippen LogP contribution in [0.1, 0.15) is 38.7 Å². The minimum atomic E-state index is -0.956. The van der Waals surface area contributed by atoms with Crippen LogP contribution in [0.25, 0.3) is 0 Å². The topological polar surface area (TPSA) is 53.4 Å². The molecule has 0 radical (unpaired) electrons. The molecule has 98 valence electrons. The third-order valence-electron chi connectivity index (χ3n) is 4.04. The van der Waals surface area contributed by atoms with Gasteiger partial charge in [-0.25, -0.2) is 4.79 Å². The number of aromatic nitrogens is 1. The van der Waals surface area contributed by atoms with Gasteiger partial charge in [0, 0.05) is 18.4 Å². The molecule has 1 aromatic rings. The third-order valence-corrected chi connectivity index (χ3v) is 4.04. The fourth-order valence-electron chi connectivity index (χ4n) is 2.85. The van der Waals surface area contributed by atoms with Crippen LogP contribution in [-0.4, -0.2) is 33.5 Å². The fourth-order valence-corrected chi connectivity index (χ4v) is 2.85. The number of piperidine rings is 1. The van der Waals surface area contributed by atoms with Crippen LogP contribution in [-0.2, 0) is 10.3 Å². The summed E-state index contributed by atoms with van der Waals surface area (Å²) in [7, 11) is 0. The Hall–Kier alpha value is -1.42. The van der Waals surface area contributed by atoms with E-state index in [1.807, 2.05) is 0 Å². The van der Waals surface area contributed by atoms with E-state index in [0.717, 1.165) is 24.9 Å². The predicted octanol–water partition coefficient (Wildman–Crippen LogP) is 2.26. The van der Waals surface area contributed by atoms with Crippen LogP contribution in [0.2, 0.25) is 0 Å². The van der Waals surface area contributed by atoms with Gasteiger partial charge in [0.05, 0.1) is 0 Å². The first kappa shape index (κ1) is 13.0. The van der Waals surface area contributed by atoms with Crippen molar-refractivity contribution in [1.29, 1.82) is 0 Å². The molecule has 2 rings (SSSR count). The summed E-state index contributed by atoms with van der Waals surface area (Å²) in [6, 6.07) is 3.90. The number of nitrogens with zero attached hydrogens (tertiary/aromatic N) is 2. The molecular weight excluding hydrogens is 228 g/mol. The highest BCUT2D eigenvalue weighted by atomic mass is 16.4. The molecule has 1 fully saturated rings. The van der Waals surface area contributed by atoms with E-state index in [-0.39, 0.29) is 0 Å². The smallest absolute Gasteiger partial charge is 0.328 e. The van der Waals surface area contributed by atoms with Crippen molar-refractivity contribution in [2.24, 2.45) is 0 Å². The molecule has 18 heavy (non-hydrogen) atoms. The molecule has 0 aliphatic carbocycles. The summed E-state index contributed by atoms with van der Waals surface area (Å²) in [6.45, 7) is 4.75. The van der Waals surface area contributed by atoms with Crippen molar-refractivity contribution in [2.75, 3.05) is 6.54 Å². The molecule has 4 heteroatoms. The number of rotatable bonds is 3. The van der Waals surface area contributed by atoms with Crippen LogP contribution in [0.15, 0.2) is 24.5 Å². The molecular formula is C14H20N2O2. The molecule has 2 heterocycles. The summed E-state index contributed by atoms with van der Waals surface area (Å²) in [5, 5.41) is 9.69. The Morgan fingerprint density at radius 2 is 2.11 bits per heavy atom. The Morgan fingerprint density at radius 3 is 2.67 bits per heavy atom. The van der Waals surface area contributed by atoms with E-state index < -0.39 is 11.5 Å². The minimum Gasteiger partial charge on any atom is -0.480 e. The Kier molecular flexibility index (Phi) is 3.66. The second kappa shape index (κ2) is 5.06. The van der Waals surface area contributed by atoms with Crippen LogP contribution in [0, 0.1) is 0 Å². The number of hydrogen-bond acceptors (Lipinski definition) is 3. The number of aliphatic carboxylic acids is 1. The van der Waals surface area contributed by atoms with E-state index in [0.29, 0.717) is 6.04 Å². The molecule has 0 amide bonds. The molecule has 0 aromatic carbocycles. The molecule has 1 aliphatic heterocycles. The lowest BCUT2D eigenvalue weighted by Crippen LogP contribution is -2.55. The maximum absolute atomic E-state index is 11.8. The van der Waals surface area contributed by atoms with Crippen molar-refractivity contribution in [1.82, 2.24) is 9.88 Å². The number of hydrogen-bond donors (Lipinski definition) is 1. The molecule has 0 bridgehead atoms. The highest BCUT2D eigenvalue weighted by molar-refractivity contribution is 5.80. The lowest BCUT2D eigenvalue weighted by molar-refractivity contribution is -0.154. The van der Waals surface area contributed by atoms with Gasteiger partial charge >= 0.3 is 5.97 Å². The van der Waals surface area contributed by atoms with E-state index >= 15 is 0 Å². The molecule has 2 unspecified atom stereocenters. The summed E-state index contributed by atoms with van der Waals surface area (Å²) in [4.78, 5) is 17.9. The van der Waals surface area contributed by atoms with Gasteiger partial charge < -0.3 is 5.11 Å². The van der Waals surface area contributed by atoms with Gasteiger partial charge in [0.1, 0.15) is 5.54 Å². The monoisotopic (exact) mass is 248 g/mol. The zero-order valence-electron chi connectivity index (χ0n) is 11.0. The normalized spacial score (nSPS) is 24.4. The Bertz CT molecular complexity index is 421. The summed E-state index contributed by atoms with van der Waals surface area (Å²) < 4.78 is 0. The Balaban J connectivity index is 2.41. The molecule has 1 aliphatic rings. The lowest BCUT2D eigenvalue weighted by Gasteiger charge is -2.44. The van der Waals surface area contributed by atoms with Gasteiger partial charge in [0.25, 0.3) is 0 Å². The maximum Gasteiger partial charge on any atom is 0.328 e. The number of carbonyl (C=O) groups is 1. The SMILES string of the molecule is CC1CCCCN1C(C)(C(=O)O)c1ccncc1. The standard InChI is InChI=1S/C14H20N2O2/c1-11-5-3-4-10-16(11)14(2,13(17)18)12-6-8-15-9-7-12/h6-9,11H,3-5,10H2,1-2H3,(H,17,18). The van der Waals surface area contributed by atoms with E-state index in [4.69, 9.17) is 0 Å². The first-order valence-corrected chi connectivity index (χ1v) is 6.47. The van der Waals surface area contributed by atoms with Gasteiger partial charge in [-0.05, 0) is 50.9 Å². The largest absolute Gasteiger partial charge is 0.480 e. The lowest BCUT2D eigenvalue weighted by atomic mass is 9.86. The van der Waals surface area contributed by atoms with Crippen molar-refractivity contribution >= 4 is 5.97 Å². The number of carboxylic acid groups (broad SMARTS) is 1. The van der Waals surface area contributed by atoms with Gasteiger partial charge in [-0.3, -0.25) is 9.88 Å². The molecule has 2 atom stereocenters. The number of pyridine rings is 1. The molecule has 4 nitrogen and oxygen atoms in total. The third kappa shape index (κ3) is 2.12.